The Morgan fingerprint density at radius 3 is 2.47 bits per heavy atom. The molecule has 8 heteroatoms. The molecule has 1 aliphatic rings. The van der Waals surface area contributed by atoms with E-state index in [1.807, 2.05) is 70.1 Å². The molecule has 1 aliphatic heterocycles. The molecule has 8 nitrogen and oxygen atoms in total. The lowest BCUT2D eigenvalue weighted by atomic mass is 10.2. The van der Waals surface area contributed by atoms with Crippen LogP contribution in [0, 0.1) is 0 Å². The summed E-state index contributed by atoms with van der Waals surface area (Å²) in [6.07, 6.45) is 5.52. The third-order valence-corrected chi connectivity index (χ3v) is 5.58. The first-order valence-electron chi connectivity index (χ1n) is 10.6. The van der Waals surface area contributed by atoms with Crippen molar-refractivity contribution in [2.45, 2.75) is 0 Å². The van der Waals surface area contributed by atoms with Gasteiger partial charge in [-0.05, 0) is 18.2 Å². The van der Waals surface area contributed by atoms with E-state index in [-0.39, 0.29) is 0 Å². The van der Waals surface area contributed by atoms with Crippen molar-refractivity contribution in [3.8, 4) is 28.3 Å². The minimum atomic E-state index is 0.690. The number of rotatable bonds is 4. The Bertz CT molecular complexity index is 1360. The van der Waals surface area contributed by atoms with E-state index < -0.39 is 0 Å². The first-order chi connectivity index (χ1) is 15.8. The molecule has 1 aromatic carbocycles. The number of benzene rings is 1. The molecule has 0 atom stereocenters. The van der Waals surface area contributed by atoms with Crippen LogP contribution in [0.25, 0.3) is 34.0 Å². The minimum Gasteiger partial charge on any atom is -0.378 e. The van der Waals surface area contributed by atoms with E-state index in [4.69, 9.17) is 19.9 Å². The van der Waals surface area contributed by atoms with Crippen LogP contribution in [0.4, 0.5) is 5.82 Å². The largest absolute Gasteiger partial charge is 0.378 e. The van der Waals surface area contributed by atoms with Gasteiger partial charge >= 0.3 is 0 Å². The molecule has 4 aromatic heterocycles. The van der Waals surface area contributed by atoms with Gasteiger partial charge in [0.15, 0.2) is 11.5 Å². The number of nitrogens with zero attached hydrogens (tertiary/aromatic N) is 7. The van der Waals surface area contributed by atoms with Gasteiger partial charge in [0.25, 0.3) is 0 Å². The highest BCUT2D eigenvalue weighted by atomic mass is 16.5. The molecule has 0 bridgehead atoms. The van der Waals surface area contributed by atoms with Gasteiger partial charge in [0, 0.05) is 54.9 Å². The van der Waals surface area contributed by atoms with E-state index in [9.17, 15) is 0 Å². The second-order valence-corrected chi connectivity index (χ2v) is 7.62. The topological polar surface area (TPSA) is 73.4 Å². The highest BCUT2D eigenvalue weighted by molar-refractivity contribution is 5.66. The van der Waals surface area contributed by atoms with Crippen LogP contribution in [0.1, 0.15) is 0 Å². The van der Waals surface area contributed by atoms with Crippen molar-refractivity contribution >= 4 is 11.5 Å². The van der Waals surface area contributed by atoms with E-state index in [0.717, 1.165) is 52.9 Å². The number of fused-ring (bicyclic) bond motifs is 1. The molecule has 1 saturated heterocycles. The van der Waals surface area contributed by atoms with E-state index in [1.54, 1.807) is 6.20 Å². The molecule has 0 radical (unpaired) electrons. The lowest BCUT2D eigenvalue weighted by Crippen LogP contribution is -2.37. The summed E-state index contributed by atoms with van der Waals surface area (Å²) in [6.45, 7) is 2.98. The molecule has 5 aromatic rings. The monoisotopic (exact) mass is 423 g/mol. The quantitative estimate of drug-likeness (QED) is 0.441. The molecule has 0 amide bonds. The summed E-state index contributed by atoms with van der Waals surface area (Å²) in [5, 5.41) is 9.63. The maximum Gasteiger partial charge on any atom is 0.160 e. The molecule has 0 unspecified atom stereocenters. The number of morpholine rings is 1. The standard InChI is InChI=1S/C24H21N7O/c1-2-5-18(6-3-1)20-8-10-30(27-20)22-16-24(29-11-13-32-14-12-29)31-23(26-22)15-21(28-31)19-7-4-9-25-17-19/h1-10,15-17H,11-14H2. The van der Waals surface area contributed by atoms with Crippen molar-refractivity contribution in [1.29, 1.82) is 0 Å². The summed E-state index contributed by atoms with van der Waals surface area (Å²) in [4.78, 5) is 11.4. The molecular formula is C24H21N7O. The van der Waals surface area contributed by atoms with Crippen molar-refractivity contribution in [2.75, 3.05) is 31.2 Å². The highest BCUT2D eigenvalue weighted by Crippen LogP contribution is 2.26. The average molecular weight is 423 g/mol. The van der Waals surface area contributed by atoms with Crippen molar-refractivity contribution in [1.82, 2.24) is 29.4 Å². The number of anilines is 1. The van der Waals surface area contributed by atoms with Crippen LogP contribution in [0.15, 0.2) is 79.3 Å². The van der Waals surface area contributed by atoms with Gasteiger partial charge in [-0.1, -0.05) is 30.3 Å². The van der Waals surface area contributed by atoms with Crippen LogP contribution in [0.5, 0.6) is 0 Å². The summed E-state index contributed by atoms with van der Waals surface area (Å²) in [7, 11) is 0. The van der Waals surface area contributed by atoms with Gasteiger partial charge in [-0.25, -0.2) is 9.67 Å². The fourth-order valence-corrected chi connectivity index (χ4v) is 3.95. The second kappa shape index (κ2) is 7.90. The predicted molar refractivity (Wildman–Crippen MR) is 122 cm³/mol. The zero-order valence-corrected chi connectivity index (χ0v) is 17.4. The summed E-state index contributed by atoms with van der Waals surface area (Å²) in [5.74, 6) is 1.72. The normalized spacial score (nSPS) is 14.2. The lowest BCUT2D eigenvalue weighted by molar-refractivity contribution is 0.122. The van der Waals surface area contributed by atoms with Gasteiger partial charge in [0.2, 0.25) is 0 Å². The third-order valence-electron chi connectivity index (χ3n) is 5.58. The molecule has 158 valence electrons. The molecule has 0 aliphatic carbocycles. The molecule has 0 N–H and O–H groups in total. The fraction of sp³-hybridized carbons (Fsp3) is 0.167. The zero-order valence-electron chi connectivity index (χ0n) is 17.4. The number of aromatic nitrogens is 6. The van der Waals surface area contributed by atoms with E-state index in [1.165, 1.54) is 0 Å². The van der Waals surface area contributed by atoms with Gasteiger partial charge in [-0.15, -0.1) is 0 Å². The summed E-state index contributed by atoms with van der Waals surface area (Å²) in [6, 6.07) is 20.1. The average Bonchev–Trinajstić information content (AvgIpc) is 3.53. The Morgan fingerprint density at radius 2 is 1.66 bits per heavy atom. The van der Waals surface area contributed by atoms with Crippen LogP contribution in [0.3, 0.4) is 0 Å². The number of pyridine rings is 1. The van der Waals surface area contributed by atoms with Crippen LogP contribution >= 0.6 is 0 Å². The molecular weight excluding hydrogens is 402 g/mol. The van der Waals surface area contributed by atoms with E-state index in [2.05, 4.69) is 22.0 Å². The Labute approximate surface area is 184 Å². The van der Waals surface area contributed by atoms with E-state index >= 15 is 0 Å². The fourth-order valence-electron chi connectivity index (χ4n) is 3.95. The van der Waals surface area contributed by atoms with Crippen LogP contribution in [-0.4, -0.2) is 55.7 Å². The van der Waals surface area contributed by atoms with Crippen molar-refractivity contribution in [3.63, 3.8) is 0 Å². The summed E-state index contributed by atoms with van der Waals surface area (Å²) >= 11 is 0. The minimum absolute atomic E-state index is 0.690. The van der Waals surface area contributed by atoms with Crippen LogP contribution in [-0.2, 0) is 4.74 Å². The molecule has 6 rings (SSSR count). The molecule has 32 heavy (non-hydrogen) atoms. The lowest BCUT2D eigenvalue weighted by Gasteiger charge is -2.29. The van der Waals surface area contributed by atoms with Gasteiger partial charge in [-0.2, -0.15) is 14.7 Å². The van der Waals surface area contributed by atoms with Gasteiger partial charge in [-0.3, -0.25) is 4.98 Å². The molecule has 1 fully saturated rings. The SMILES string of the molecule is c1ccc(-c2ccn(-c3cc(N4CCOCC4)n4nc(-c5cccnc5)cc4n3)n2)cc1. The molecule has 0 spiro atoms. The first kappa shape index (κ1) is 18.7. The van der Waals surface area contributed by atoms with Gasteiger partial charge < -0.3 is 9.64 Å². The number of hydrogen-bond donors (Lipinski definition) is 0. The van der Waals surface area contributed by atoms with Gasteiger partial charge in [0.1, 0.15) is 5.82 Å². The van der Waals surface area contributed by atoms with Crippen LogP contribution in [0.2, 0.25) is 0 Å². The second-order valence-electron chi connectivity index (χ2n) is 7.62. The Morgan fingerprint density at radius 1 is 0.812 bits per heavy atom. The maximum absolute atomic E-state index is 5.56. The third kappa shape index (κ3) is 3.40. The van der Waals surface area contributed by atoms with Crippen molar-refractivity contribution in [3.05, 3.63) is 79.3 Å². The first-order valence-corrected chi connectivity index (χ1v) is 10.6. The highest BCUT2D eigenvalue weighted by Gasteiger charge is 2.19. The number of ether oxygens (including phenoxy) is 1. The summed E-state index contributed by atoms with van der Waals surface area (Å²) < 4.78 is 9.29. The van der Waals surface area contributed by atoms with E-state index in [0.29, 0.717) is 13.2 Å². The van der Waals surface area contributed by atoms with Crippen LogP contribution < -0.4 is 4.90 Å². The zero-order chi connectivity index (χ0) is 21.3. The Hall–Kier alpha value is -4.04. The molecule has 5 heterocycles. The Balaban J connectivity index is 1.48. The molecule has 0 saturated carbocycles. The van der Waals surface area contributed by atoms with Gasteiger partial charge in [0.05, 0.1) is 24.6 Å². The smallest absolute Gasteiger partial charge is 0.160 e. The Kier molecular flexibility index (Phi) is 4.62. The summed E-state index contributed by atoms with van der Waals surface area (Å²) in [5.41, 5.74) is 4.54. The maximum atomic E-state index is 5.56. The number of hydrogen-bond acceptors (Lipinski definition) is 6. The van der Waals surface area contributed by atoms with Crippen molar-refractivity contribution < 1.29 is 4.74 Å². The predicted octanol–water partition coefficient (Wildman–Crippen LogP) is 3.48. The van der Waals surface area contributed by atoms with Crippen molar-refractivity contribution in [2.24, 2.45) is 0 Å².